The zero-order chi connectivity index (χ0) is 18.7. The molecule has 0 saturated carbocycles. The first-order chi connectivity index (χ1) is 12.4. The van der Waals surface area contributed by atoms with Crippen LogP contribution >= 0.6 is 0 Å². The van der Waals surface area contributed by atoms with Crippen LogP contribution in [0.25, 0.3) is 5.76 Å². The summed E-state index contributed by atoms with van der Waals surface area (Å²) >= 11 is 0. The number of hydrogen-bond donors (Lipinski definition) is 4. The largest absolute Gasteiger partial charge is 0.504 e. The van der Waals surface area contributed by atoms with Gasteiger partial charge in [0.25, 0.3) is 0 Å². The van der Waals surface area contributed by atoms with Crippen LogP contribution in [0, 0.1) is 0 Å². The van der Waals surface area contributed by atoms with Crippen molar-refractivity contribution in [1.82, 2.24) is 19.7 Å². The minimum absolute atomic E-state index is 0.0312. The van der Waals surface area contributed by atoms with E-state index in [1.54, 1.807) is 24.3 Å². The van der Waals surface area contributed by atoms with Gasteiger partial charge in [0.05, 0.1) is 11.3 Å². The lowest BCUT2D eigenvalue weighted by Gasteiger charge is -2.08. The highest BCUT2D eigenvalue weighted by Crippen LogP contribution is 2.16. The average molecular weight is 353 g/mol. The Morgan fingerprint density at radius 2 is 1.96 bits per heavy atom. The van der Waals surface area contributed by atoms with E-state index in [4.69, 9.17) is 5.73 Å². The molecule has 0 saturated heterocycles. The van der Waals surface area contributed by atoms with Crippen molar-refractivity contribution in [2.75, 3.05) is 5.73 Å². The number of anilines is 1. The Balaban J connectivity index is 1.94. The number of rotatable bonds is 6. The standard InChI is InChI=1S/C17H15N5O4/c18-12-3-1-10(2-4-12)7-22-8-11(17(25)26)5-13(22)14(23)6-15(24)16-19-9-20-21-16/h1-6,8-9,24H,7,18H2,(H,25,26)(H,19,20,21). The van der Waals surface area contributed by atoms with Crippen LogP contribution in [0.15, 0.2) is 48.9 Å². The summed E-state index contributed by atoms with van der Waals surface area (Å²) in [5.74, 6) is -2.08. The first-order valence-electron chi connectivity index (χ1n) is 7.52. The Hall–Kier alpha value is -3.88. The fraction of sp³-hybridized carbons (Fsp3) is 0.0588. The summed E-state index contributed by atoms with van der Waals surface area (Å²) in [6.45, 7) is 0.269. The molecule has 2 heterocycles. The highest BCUT2D eigenvalue weighted by atomic mass is 16.4. The van der Waals surface area contributed by atoms with Gasteiger partial charge in [-0.15, -0.1) is 0 Å². The Kier molecular flexibility index (Phi) is 4.52. The van der Waals surface area contributed by atoms with Crippen LogP contribution < -0.4 is 5.73 Å². The van der Waals surface area contributed by atoms with Crippen molar-refractivity contribution in [1.29, 1.82) is 0 Å². The number of carboxylic acid groups (broad SMARTS) is 1. The zero-order valence-corrected chi connectivity index (χ0v) is 13.5. The van der Waals surface area contributed by atoms with Gasteiger partial charge in [0.2, 0.25) is 5.78 Å². The van der Waals surface area contributed by atoms with Crippen LogP contribution in [0.1, 0.15) is 32.2 Å². The van der Waals surface area contributed by atoms with Gasteiger partial charge >= 0.3 is 5.97 Å². The molecule has 132 valence electrons. The summed E-state index contributed by atoms with van der Waals surface area (Å²) in [5.41, 5.74) is 7.18. The Bertz CT molecular complexity index is 971. The Morgan fingerprint density at radius 3 is 2.58 bits per heavy atom. The van der Waals surface area contributed by atoms with Gasteiger partial charge in [-0.2, -0.15) is 5.10 Å². The smallest absolute Gasteiger partial charge is 0.337 e. The van der Waals surface area contributed by atoms with Crippen molar-refractivity contribution in [2.24, 2.45) is 0 Å². The van der Waals surface area contributed by atoms with E-state index >= 15 is 0 Å². The van der Waals surface area contributed by atoms with E-state index in [1.807, 2.05) is 0 Å². The summed E-state index contributed by atoms with van der Waals surface area (Å²) in [6.07, 6.45) is 3.52. The molecule has 5 N–H and O–H groups in total. The number of carboxylic acids is 1. The van der Waals surface area contributed by atoms with Crippen LogP contribution in [0.3, 0.4) is 0 Å². The molecule has 0 fully saturated rings. The SMILES string of the molecule is Nc1ccc(Cn2cc(C(=O)O)cc2C(=O)C=C(O)c2ncn[nH]2)cc1. The number of aromatic amines is 1. The quantitative estimate of drug-likeness (QED) is 0.228. The molecule has 9 nitrogen and oxygen atoms in total. The molecule has 0 amide bonds. The Labute approximate surface area is 147 Å². The summed E-state index contributed by atoms with van der Waals surface area (Å²) in [5, 5.41) is 25.2. The number of nitrogens with one attached hydrogen (secondary N) is 1. The lowest BCUT2D eigenvalue weighted by molar-refractivity contribution is 0.0696. The maximum absolute atomic E-state index is 12.5. The monoisotopic (exact) mass is 353 g/mol. The van der Waals surface area contributed by atoms with Crippen molar-refractivity contribution in [3.8, 4) is 0 Å². The number of aliphatic hydroxyl groups excluding tert-OH is 1. The molecule has 1 aromatic carbocycles. The molecular formula is C17H15N5O4. The molecule has 0 spiro atoms. The highest BCUT2D eigenvalue weighted by molar-refractivity contribution is 6.07. The van der Waals surface area contributed by atoms with Gasteiger partial charge in [-0.05, 0) is 23.8 Å². The molecular weight excluding hydrogens is 338 g/mol. The first-order valence-corrected chi connectivity index (χ1v) is 7.52. The third-order valence-electron chi connectivity index (χ3n) is 3.65. The average Bonchev–Trinajstić information content (AvgIpc) is 3.26. The van der Waals surface area contributed by atoms with E-state index in [9.17, 15) is 19.8 Å². The van der Waals surface area contributed by atoms with E-state index in [0.717, 1.165) is 11.6 Å². The van der Waals surface area contributed by atoms with E-state index in [0.29, 0.717) is 5.69 Å². The van der Waals surface area contributed by atoms with Gasteiger partial charge in [0, 0.05) is 24.5 Å². The number of hydrogen-bond acceptors (Lipinski definition) is 6. The molecule has 3 aromatic rings. The van der Waals surface area contributed by atoms with Crippen molar-refractivity contribution >= 4 is 23.2 Å². The second-order valence-corrected chi connectivity index (χ2v) is 5.52. The van der Waals surface area contributed by atoms with Crippen LogP contribution in [0.5, 0.6) is 0 Å². The molecule has 0 radical (unpaired) electrons. The summed E-state index contributed by atoms with van der Waals surface area (Å²) in [7, 11) is 0. The summed E-state index contributed by atoms with van der Waals surface area (Å²) in [4.78, 5) is 27.5. The van der Waals surface area contributed by atoms with Crippen LogP contribution in [-0.2, 0) is 6.54 Å². The van der Waals surface area contributed by atoms with Crippen LogP contribution in [0.2, 0.25) is 0 Å². The number of ketones is 1. The lowest BCUT2D eigenvalue weighted by Crippen LogP contribution is -2.08. The number of allylic oxidation sites excluding steroid dienone is 1. The molecule has 0 atom stereocenters. The number of benzene rings is 1. The maximum atomic E-state index is 12.5. The summed E-state index contributed by atoms with van der Waals surface area (Å²) < 4.78 is 1.50. The predicted octanol–water partition coefficient (Wildman–Crippen LogP) is 1.72. The fourth-order valence-electron chi connectivity index (χ4n) is 2.38. The normalized spacial score (nSPS) is 11.5. The van der Waals surface area contributed by atoms with Crippen molar-refractivity contribution in [3.05, 3.63) is 71.6 Å². The fourth-order valence-corrected chi connectivity index (χ4v) is 2.38. The molecule has 0 aliphatic rings. The molecule has 2 aromatic heterocycles. The third kappa shape index (κ3) is 3.61. The number of aliphatic hydroxyl groups is 1. The van der Waals surface area contributed by atoms with Gasteiger partial charge in [-0.25, -0.2) is 9.78 Å². The molecule has 26 heavy (non-hydrogen) atoms. The number of H-pyrrole nitrogens is 1. The van der Waals surface area contributed by atoms with Crippen LogP contribution in [0.4, 0.5) is 5.69 Å². The van der Waals surface area contributed by atoms with Crippen molar-refractivity contribution in [3.63, 3.8) is 0 Å². The molecule has 0 aliphatic heterocycles. The molecule has 3 rings (SSSR count). The summed E-state index contributed by atoms with van der Waals surface area (Å²) in [6, 6.07) is 8.26. The van der Waals surface area contributed by atoms with Gasteiger partial charge < -0.3 is 20.5 Å². The van der Waals surface area contributed by atoms with E-state index in [-0.39, 0.29) is 23.6 Å². The Morgan fingerprint density at radius 1 is 1.23 bits per heavy atom. The number of nitrogens with two attached hydrogens (primary N) is 1. The second kappa shape index (κ2) is 6.93. The maximum Gasteiger partial charge on any atom is 0.337 e. The lowest BCUT2D eigenvalue weighted by atomic mass is 10.2. The van der Waals surface area contributed by atoms with E-state index in [1.165, 1.54) is 23.2 Å². The molecule has 0 aliphatic carbocycles. The second-order valence-electron chi connectivity index (χ2n) is 5.52. The van der Waals surface area contributed by atoms with Crippen molar-refractivity contribution < 1.29 is 19.8 Å². The van der Waals surface area contributed by atoms with Crippen molar-refractivity contribution in [2.45, 2.75) is 6.54 Å². The molecule has 0 bridgehead atoms. The number of nitrogen functional groups attached to an aromatic ring is 1. The number of aromatic nitrogens is 4. The first kappa shape index (κ1) is 17.0. The van der Waals surface area contributed by atoms with Gasteiger partial charge in [0.15, 0.2) is 11.6 Å². The van der Waals surface area contributed by atoms with Gasteiger partial charge in [-0.1, -0.05) is 12.1 Å². The predicted molar refractivity (Wildman–Crippen MR) is 92.7 cm³/mol. The molecule has 0 unspecified atom stereocenters. The zero-order valence-electron chi connectivity index (χ0n) is 13.5. The number of aromatic carboxylic acids is 1. The van der Waals surface area contributed by atoms with Crippen LogP contribution in [-0.4, -0.2) is 41.7 Å². The molecule has 9 heteroatoms. The van der Waals surface area contributed by atoms with Gasteiger partial charge in [0.1, 0.15) is 6.33 Å². The van der Waals surface area contributed by atoms with E-state index < -0.39 is 17.5 Å². The number of carbonyl (C=O) groups excluding carboxylic acids is 1. The van der Waals surface area contributed by atoms with Gasteiger partial charge in [-0.3, -0.25) is 9.89 Å². The minimum atomic E-state index is -1.15. The minimum Gasteiger partial charge on any atom is -0.504 e. The third-order valence-corrected chi connectivity index (χ3v) is 3.65. The highest BCUT2D eigenvalue weighted by Gasteiger charge is 2.17. The topological polar surface area (TPSA) is 147 Å². The number of carbonyl (C=O) groups is 2. The number of nitrogens with zero attached hydrogens (tertiary/aromatic N) is 3. The van der Waals surface area contributed by atoms with E-state index in [2.05, 4.69) is 15.2 Å².